The van der Waals surface area contributed by atoms with Gasteiger partial charge in [-0.05, 0) is 30.2 Å². The summed E-state index contributed by atoms with van der Waals surface area (Å²) in [5.74, 6) is -1.95. The van der Waals surface area contributed by atoms with E-state index in [-0.39, 0.29) is 30.1 Å². The number of hydrogen-bond donors (Lipinski definition) is 3. The Morgan fingerprint density at radius 3 is 2.32 bits per heavy atom. The molecule has 0 saturated heterocycles. The number of amides is 2. The Kier molecular flexibility index (Phi) is 6.59. The van der Waals surface area contributed by atoms with Gasteiger partial charge in [-0.2, -0.15) is 0 Å². The van der Waals surface area contributed by atoms with E-state index < -0.39 is 23.3 Å². The van der Waals surface area contributed by atoms with Gasteiger partial charge in [-0.1, -0.05) is 37.3 Å². The van der Waals surface area contributed by atoms with Gasteiger partial charge in [0.1, 0.15) is 0 Å². The molecule has 4 N–H and O–H groups in total. The molecule has 0 radical (unpaired) electrons. The molecule has 2 aromatic carbocycles. The summed E-state index contributed by atoms with van der Waals surface area (Å²) in [7, 11) is 1.38. The molecule has 0 spiro atoms. The van der Waals surface area contributed by atoms with Gasteiger partial charge in [0.05, 0.1) is 7.11 Å². The summed E-state index contributed by atoms with van der Waals surface area (Å²) < 4.78 is 10.4. The van der Waals surface area contributed by atoms with Gasteiger partial charge in [0.2, 0.25) is 0 Å². The number of carbonyl (C=O) groups excluding carboxylic acids is 2. The molecule has 0 aliphatic rings. The van der Waals surface area contributed by atoms with Crippen LogP contribution in [0, 0.1) is 0 Å². The van der Waals surface area contributed by atoms with Crippen LogP contribution < -0.4 is 20.5 Å². The predicted molar refractivity (Wildman–Crippen MR) is 101 cm³/mol. The molecular formula is C20H22N2O6. The van der Waals surface area contributed by atoms with Gasteiger partial charge in [-0.3, -0.25) is 9.59 Å². The Balaban J connectivity index is 2.33. The van der Waals surface area contributed by atoms with E-state index in [9.17, 15) is 19.5 Å². The van der Waals surface area contributed by atoms with Crippen LogP contribution in [0.2, 0.25) is 0 Å². The maximum Gasteiger partial charge on any atom is 0.334 e. The smallest absolute Gasteiger partial charge is 0.334 e. The number of carboxylic acids is 1. The molecule has 148 valence electrons. The van der Waals surface area contributed by atoms with Crippen LogP contribution in [-0.4, -0.2) is 36.6 Å². The third-order valence-electron chi connectivity index (χ3n) is 4.28. The van der Waals surface area contributed by atoms with Crippen LogP contribution in [0.3, 0.4) is 0 Å². The van der Waals surface area contributed by atoms with Gasteiger partial charge in [0.25, 0.3) is 11.8 Å². The number of rotatable bonds is 9. The number of nitrogens with one attached hydrogen (secondary N) is 1. The van der Waals surface area contributed by atoms with Crippen molar-refractivity contribution in [2.75, 3.05) is 13.7 Å². The van der Waals surface area contributed by atoms with Crippen LogP contribution in [-0.2, 0) is 15.1 Å². The fourth-order valence-electron chi connectivity index (χ4n) is 2.76. The number of carbonyl (C=O) groups is 3. The summed E-state index contributed by atoms with van der Waals surface area (Å²) in [4.78, 5) is 35.7. The van der Waals surface area contributed by atoms with E-state index in [4.69, 9.17) is 15.2 Å². The lowest BCUT2D eigenvalue weighted by atomic mass is 9.87. The number of aliphatic carboxylic acids is 1. The van der Waals surface area contributed by atoms with Crippen molar-refractivity contribution in [1.82, 2.24) is 5.32 Å². The van der Waals surface area contributed by atoms with E-state index in [2.05, 4.69) is 5.32 Å². The van der Waals surface area contributed by atoms with Crippen LogP contribution in [0.1, 0.15) is 29.3 Å². The molecule has 0 heterocycles. The second-order valence-electron chi connectivity index (χ2n) is 6.00. The standard InChI is InChI=1S/C20H22N2O6/c1-3-20(19(25)26,14-7-5-4-6-8-14)22-18(24)13-9-10-15(16(11-13)27-2)28-12-17(21)23/h4-11H,3,12H2,1-2H3,(H2,21,23)(H,22,24)(H,25,26). The number of primary amides is 1. The van der Waals surface area contributed by atoms with Crippen LogP contribution >= 0.6 is 0 Å². The van der Waals surface area contributed by atoms with E-state index >= 15 is 0 Å². The van der Waals surface area contributed by atoms with Crippen LogP contribution in [0.4, 0.5) is 0 Å². The molecule has 1 unspecified atom stereocenters. The van der Waals surface area contributed by atoms with E-state index in [1.165, 1.54) is 25.3 Å². The zero-order valence-electron chi connectivity index (χ0n) is 15.6. The minimum atomic E-state index is -1.58. The van der Waals surface area contributed by atoms with Gasteiger partial charge in [-0.25, -0.2) is 4.79 Å². The Morgan fingerprint density at radius 2 is 1.79 bits per heavy atom. The number of methoxy groups -OCH3 is 1. The fourth-order valence-corrected chi connectivity index (χ4v) is 2.76. The zero-order chi connectivity index (χ0) is 20.7. The van der Waals surface area contributed by atoms with Crippen molar-refractivity contribution in [3.63, 3.8) is 0 Å². The predicted octanol–water partition coefficient (Wildman–Crippen LogP) is 1.68. The minimum Gasteiger partial charge on any atom is -0.493 e. The van der Waals surface area contributed by atoms with Crippen molar-refractivity contribution in [3.8, 4) is 11.5 Å². The zero-order valence-corrected chi connectivity index (χ0v) is 15.6. The second-order valence-corrected chi connectivity index (χ2v) is 6.00. The molecule has 0 aromatic heterocycles. The van der Waals surface area contributed by atoms with Crippen LogP contribution in [0.5, 0.6) is 11.5 Å². The van der Waals surface area contributed by atoms with E-state index in [0.29, 0.717) is 5.56 Å². The summed E-state index contributed by atoms with van der Waals surface area (Å²) >= 11 is 0. The van der Waals surface area contributed by atoms with Crippen molar-refractivity contribution < 1.29 is 29.0 Å². The summed E-state index contributed by atoms with van der Waals surface area (Å²) in [6, 6.07) is 12.8. The van der Waals surface area contributed by atoms with Gasteiger partial charge in [0, 0.05) is 5.56 Å². The van der Waals surface area contributed by atoms with Crippen molar-refractivity contribution in [3.05, 3.63) is 59.7 Å². The van der Waals surface area contributed by atoms with Gasteiger partial charge >= 0.3 is 5.97 Å². The lowest BCUT2D eigenvalue weighted by Crippen LogP contribution is -2.51. The first kappa shape index (κ1) is 20.8. The molecule has 0 aliphatic heterocycles. The Labute approximate surface area is 162 Å². The molecule has 0 aliphatic carbocycles. The van der Waals surface area contributed by atoms with E-state index in [1.54, 1.807) is 37.3 Å². The van der Waals surface area contributed by atoms with E-state index in [1.807, 2.05) is 0 Å². The Bertz CT molecular complexity index is 868. The van der Waals surface area contributed by atoms with Crippen molar-refractivity contribution >= 4 is 17.8 Å². The van der Waals surface area contributed by atoms with Gasteiger partial charge in [0.15, 0.2) is 23.6 Å². The molecule has 8 nitrogen and oxygen atoms in total. The number of nitrogens with two attached hydrogens (primary N) is 1. The summed E-state index contributed by atoms with van der Waals surface area (Å²) in [5, 5.41) is 12.5. The van der Waals surface area contributed by atoms with Crippen molar-refractivity contribution in [2.45, 2.75) is 18.9 Å². The molecule has 2 aromatic rings. The molecule has 2 rings (SSSR count). The molecule has 0 fully saturated rings. The molecule has 2 amide bonds. The SMILES string of the molecule is CCC(NC(=O)c1ccc(OCC(N)=O)c(OC)c1)(C(=O)O)c1ccccc1. The maximum atomic E-state index is 12.8. The fraction of sp³-hybridized carbons (Fsp3) is 0.250. The Morgan fingerprint density at radius 1 is 1.11 bits per heavy atom. The lowest BCUT2D eigenvalue weighted by molar-refractivity contribution is -0.145. The molecule has 1 atom stereocenters. The summed E-state index contributed by atoms with van der Waals surface area (Å²) in [6.07, 6.45) is 0.148. The quantitative estimate of drug-likeness (QED) is 0.601. The van der Waals surface area contributed by atoms with Crippen LogP contribution in [0.25, 0.3) is 0 Å². The molecule has 0 saturated carbocycles. The first-order valence-corrected chi connectivity index (χ1v) is 8.54. The average Bonchev–Trinajstić information content (AvgIpc) is 2.70. The normalized spacial score (nSPS) is 12.5. The largest absolute Gasteiger partial charge is 0.493 e. The van der Waals surface area contributed by atoms with Crippen LogP contribution in [0.15, 0.2) is 48.5 Å². The summed E-state index contributed by atoms with van der Waals surface area (Å²) in [6.45, 7) is 1.34. The van der Waals surface area contributed by atoms with Crippen molar-refractivity contribution in [1.29, 1.82) is 0 Å². The van der Waals surface area contributed by atoms with Crippen molar-refractivity contribution in [2.24, 2.45) is 5.73 Å². The third kappa shape index (κ3) is 4.40. The maximum absolute atomic E-state index is 12.8. The second kappa shape index (κ2) is 8.90. The monoisotopic (exact) mass is 386 g/mol. The minimum absolute atomic E-state index is 0.148. The van der Waals surface area contributed by atoms with Gasteiger partial charge in [-0.15, -0.1) is 0 Å². The highest BCUT2D eigenvalue weighted by molar-refractivity contribution is 5.98. The highest BCUT2D eigenvalue weighted by Gasteiger charge is 2.40. The molecule has 28 heavy (non-hydrogen) atoms. The average molecular weight is 386 g/mol. The van der Waals surface area contributed by atoms with E-state index in [0.717, 1.165) is 0 Å². The molecule has 0 bridgehead atoms. The number of ether oxygens (including phenoxy) is 2. The number of carboxylic acid groups (broad SMARTS) is 1. The number of hydrogen-bond acceptors (Lipinski definition) is 5. The highest BCUT2D eigenvalue weighted by Crippen LogP contribution is 2.30. The molecule has 8 heteroatoms. The first-order chi connectivity index (χ1) is 13.3. The summed E-state index contributed by atoms with van der Waals surface area (Å²) in [5.41, 5.74) is 4.12. The molecular weight excluding hydrogens is 364 g/mol. The number of benzene rings is 2. The van der Waals surface area contributed by atoms with Gasteiger partial charge < -0.3 is 25.6 Å². The highest BCUT2D eigenvalue weighted by atomic mass is 16.5. The lowest BCUT2D eigenvalue weighted by Gasteiger charge is -2.30. The third-order valence-corrected chi connectivity index (χ3v) is 4.28. The Hall–Kier alpha value is -3.55. The first-order valence-electron chi connectivity index (χ1n) is 8.54. The topological polar surface area (TPSA) is 128 Å².